The molecule has 9 aromatic carbocycles. The van der Waals surface area contributed by atoms with Crippen molar-refractivity contribution in [3.05, 3.63) is 230 Å². The van der Waals surface area contributed by atoms with Gasteiger partial charge in [0.25, 0.3) is 0 Å². The summed E-state index contributed by atoms with van der Waals surface area (Å²) in [6.07, 6.45) is 0. The Morgan fingerprint density at radius 2 is 0.932 bits per heavy atom. The van der Waals surface area contributed by atoms with Gasteiger partial charge in [-0.1, -0.05) is 184 Å². The molecular weight excluding hydrogens is 713 g/mol. The first kappa shape index (κ1) is 34.8. The Morgan fingerprint density at radius 1 is 0.373 bits per heavy atom. The molecule has 1 aliphatic rings. The Balaban J connectivity index is 1.20. The molecule has 10 aromatic rings. The summed E-state index contributed by atoms with van der Waals surface area (Å²) < 4.78 is 2.41. The molecule has 59 heavy (non-hydrogen) atoms. The van der Waals surface area contributed by atoms with E-state index in [4.69, 9.17) is 0 Å². The van der Waals surface area contributed by atoms with Gasteiger partial charge in [0, 0.05) is 38.7 Å². The van der Waals surface area contributed by atoms with E-state index in [0.29, 0.717) is 0 Å². The molecule has 0 bridgehead atoms. The van der Waals surface area contributed by atoms with E-state index >= 15 is 0 Å². The third kappa shape index (κ3) is 5.63. The summed E-state index contributed by atoms with van der Waals surface area (Å²) in [5.74, 6) is 0. The van der Waals surface area contributed by atoms with Crippen LogP contribution in [0.1, 0.15) is 25.0 Å². The van der Waals surface area contributed by atoms with E-state index in [1.165, 1.54) is 66.3 Å². The van der Waals surface area contributed by atoms with Crippen LogP contribution >= 0.6 is 0 Å². The van der Waals surface area contributed by atoms with Gasteiger partial charge in [-0.3, -0.25) is 0 Å². The van der Waals surface area contributed by atoms with E-state index in [9.17, 15) is 0 Å². The number of nitrogens with zero attached hydrogens (tertiary/aromatic N) is 2. The monoisotopic (exact) mass is 754 g/mol. The minimum absolute atomic E-state index is 0.110. The molecule has 1 aliphatic carbocycles. The van der Waals surface area contributed by atoms with Crippen molar-refractivity contribution < 1.29 is 0 Å². The standard InChI is InChI=1S/C57H42N2/c1-57(2)50-30-13-9-28-48(50)56-47(29-18-31-51(56)57)46-27-12-16-34-54(46)59(55-36-35-41(39-19-5-3-6-20-39)37-49(55)40-21-7-4-8-22-40)43-24-17-23-42(38-43)58-52-32-14-10-25-44(52)45-26-11-15-33-53(45)58/h3-38H,1-2H3. The number of anilines is 3. The van der Waals surface area contributed by atoms with Crippen LogP contribution in [-0.2, 0) is 5.41 Å². The van der Waals surface area contributed by atoms with Crippen LogP contribution in [0.4, 0.5) is 17.1 Å². The molecular formula is C57H42N2. The Bertz CT molecular complexity index is 3140. The normalized spacial score (nSPS) is 12.7. The lowest BCUT2D eigenvalue weighted by atomic mass is 9.82. The van der Waals surface area contributed by atoms with Gasteiger partial charge < -0.3 is 9.47 Å². The van der Waals surface area contributed by atoms with Gasteiger partial charge in [-0.25, -0.2) is 0 Å². The van der Waals surface area contributed by atoms with Gasteiger partial charge in [0.2, 0.25) is 0 Å². The summed E-state index contributed by atoms with van der Waals surface area (Å²) in [5.41, 5.74) is 19.2. The van der Waals surface area contributed by atoms with E-state index in [0.717, 1.165) is 33.9 Å². The zero-order valence-corrected chi connectivity index (χ0v) is 33.2. The fourth-order valence-electron chi connectivity index (χ4n) is 9.65. The highest BCUT2D eigenvalue weighted by atomic mass is 15.2. The van der Waals surface area contributed by atoms with Crippen LogP contribution in [0.3, 0.4) is 0 Å². The molecule has 0 unspecified atom stereocenters. The minimum Gasteiger partial charge on any atom is -0.309 e. The quantitative estimate of drug-likeness (QED) is 0.157. The van der Waals surface area contributed by atoms with E-state index in [1.807, 2.05) is 0 Å². The van der Waals surface area contributed by atoms with Crippen molar-refractivity contribution >= 4 is 38.9 Å². The van der Waals surface area contributed by atoms with Gasteiger partial charge in [0.15, 0.2) is 0 Å². The van der Waals surface area contributed by atoms with Gasteiger partial charge in [-0.15, -0.1) is 0 Å². The Labute approximate surface area is 345 Å². The molecule has 0 saturated heterocycles. The predicted octanol–water partition coefficient (Wildman–Crippen LogP) is 15.6. The molecule has 0 saturated carbocycles. The second-order valence-electron chi connectivity index (χ2n) is 16.1. The summed E-state index contributed by atoms with van der Waals surface area (Å²) in [5, 5.41) is 2.50. The molecule has 1 heterocycles. The smallest absolute Gasteiger partial charge is 0.0541 e. The number of hydrogen-bond donors (Lipinski definition) is 0. The maximum Gasteiger partial charge on any atom is 0.0541 e. The summed E-state index contributed by atoms with van der Waals surface area (Å²) in [7, 11) is 0. The lowest BCUT2D eigenvalue weighted by Gasteiger charge is -2.31. The van der Waals surface area contributed by atoms with E-state index < -0.39 is 0 Å². The van der Waals surface area contributed by atoms with Crippen molar-refractivity contribution in [3.63, 3.8) is 0 Å². The highest BCUT2D eigenvalue weighted by Gasteiger charge is 2.37. The van der Waals surface area contributed by atoms with Crippen molar-refractivity contribution in [2.75, 3.05) is 4.90 Å². The van der Waals surface area contributed by atoms with Gasteiger partial charge in [0.05, 0.1) is 22.4 Å². The third-order valence-electron chi connectivity index (χ3n) is 12.4. The van der Waals surface area contributed by atoms with Crippen LogP contribution in [0.5, 0.6) is 0 Å². The summed E-state index contributed by atoms with van der Waals surface area (Å²) in [6, 6.07) is 79.9. The van der Waals surface area contributed by atoms with Crippen LogP contribution in [-0.4, -0.2) is 4.57 Å². The molecule has 0 atom stereocenters. The molecule has 11 rings (SSSR count). The van der Waals surface area contributed by atoms with Crippen molar-refractivity contribution in [1.29, 1.82) is 0 Å². The predicted molar refractivity (Wildman–Crippen MR) is 249 cm³/mol. The summed E-state index contributed by atoms with van der Waals surface area (Å²) in [6.45, 7) is 4.72. The molecule has 0 amide bonds. The highest BCUT2D eigenvalue weighted by molar-refractivity contribution is 6.09. The lowest BCUT2D eigenvalue weighted by molar-refractivity contribution is 0.660. The molecule has 2 nitrogen and oxygen atoms in total. The number of aromatic nitrogens is 1. The molecule has 0 radical (unpaired) electrons. The number of rotatable bonds is 7. The fraction of sp³-hybridized carbons (Fsp3) is 0.0526. The largest absolute Gasteiger partial charge is 0.309 e. The highest BCUT2D eigenvalue weighted by Crippen LogP contribution is 2.54. The second kappa shape index (κ2) is 13.9. The van der Waals surface area contributed by atoms with Crippen LogP contribution in [0, 0.1) is 0 Å². The van der Waals surface area contributed by atoms with Gasteiger partial charge in [-0.2, -0.15) is 0 Å². The molecule has 0 spiro atoms. The molecule has 0 N–H and O–H groups in total. The van der Waals surface area contributed by atoms with E-state index in [-0.39, 0.29) is 5.41 Å². The first-order valence-corrected chi connectivity index (χ1v) is 20.5. The first-order chi connectivity index (χ1) is 29.1. The maximum atomic E-state index is 2.50. The van der Waals surface area contributed by atoms with Gasteiger partial charge in [0.1, 0.15) is 0 Å². The van der Waals surface area contributed by atoms with Crippen molar-refractivity contribution in [2.45, 2.75) is 19.3 Å². The Kier molecular flexibility index (Phi) is 8.20. The number of fused-ring (bicyclic) bond motifs is 6. The number of benzene rings is 9. The first-order valence-electron chi connectivity index (χ1n) is 20.5. The van der Waals surface area contributed by atoms with Crippen molar-refractivity contribution in [1.82, 2.24) is 4.57 Å². The molecule has 0 fully saturated rings. The van der Waals surface area contributed by atoms with Gasteiger partial charge >= 0.3 is 0 Å². The molecule has 0 aliphatic heterocycles. The molecule has 2 heteroatoms. The average molecular weight is 755 g/mol. The second-order valence-corrected chi connectivity index (χ2v) is 16.1. The zero-order valence-electron chi connectivity index (χ0n) is 33.2. The molecule has 280 valence electrons. The SMILES string of the molecule is CC1(C)c2ccccc2-c2c(-c3ccccc3N(c3cccc(-n4c5ccccc5c5ccccc54)c3)c3ccc(-c4ccccc4)cc3-c3ccccc3)cccc21. The van der Waals surface area contributed by atoms with Crippen molar-refractivity contribution in [2.24, 2.45) is 0 Å². The lowest BCUT2D eigenvalue weighted by Crippen LogP contribution is -2.15. The van der Waals surface area contributed by atoms with Gasteiger partial charge in [-0.05, 0) is 93.0 Å². The van der Waals surface area contributed by atoms with E-state index in [2.05, 4.69) is 242 Å². The minimum atomic E-state index is -0.110. The zero-order chi connectivity index (χ0) is 39.5. The van der Waals surface area contributed by atoms with Crippen LogP contribution < -0.4 is 4.90 Å². The summed E-state index contributed by atoms with van der Waals surface area (Å²) >= 11 is 0. The van der Waals surface area contributed by atoms with Crippen LogP contribution in [0.25, 0.3) is 72.0 Å². The third-order valence-corrected chi connectivity index (χ3v) is 12.4. The summed E-state index contributed by atoms with van der Waals surface area (Å²) in [4.78, 5) is 2.50. The van der Waals surface area contributed by atoms with Crippen molar-refractivity contribution in [3.8, 4) is 50.2 Å². The fourth-order valence-corrected chi connectivity index (χ4v) is 9.65. The average Bonchev–Trinajstić information content (AvgIpc) is 3.76. The van der Waals surface area contributed by atoms with E-state index in [1.54, 1.807) is 0 Å². The Hall–Kier alpha value is -7.42. The van der Waals surface area contributed by atoms with Crippen LogP contribution in [0.2, 0.25) is 0 Å². The number of para-hydroxylation sites is 3. The van der Waals surface area contributed by atoms with Crippen LogP contribution in [0.15, 0.2) is 218 Å². The Morgan fingerprint density at radius 3 is 1.68 bits per heavy atom. The topological polar surface area (TPSA) is 8.17 Å². The number of hydrogen-bond acceptors (Lipinski definition) is 1. The molecule has 1 aromatic heterocycles. The maximum absolute atomic E-state index is 2.50.